The van der Waals surface area contributed by atoms with Gasteiger partial charge in [-0.2, -0.15) is 13.2 Å². The quantitative estimate of drug-likeness (QED) is 0.622. The Balaban J connectivity index is 1.72. The molecule has 27 heavy (non-hydrogen) atoms. The molecule has 0 fully saturated rings. The highest BCUT2D eigenvalue weighted by molar-refractivity contribution is 6.31. The number of carbonyl (C=O) groups is 1. The summed E-state index contributed by atoms with van der Waals surface area (Å²) in [6, 6.07) is 8.23. The van der Waals surface area contributed by atoms with Gasteiger partial charge in [-0.15, -0.1) is 0 Å². The Morgan fingerprint density at radius 3 is 2.67 bits per heavy atom. The molecule has 0 atom stereocenters. The minimum absolute atomic E-state index is 0.0225. The fraction of sp³-hybridized carbons (Fsp3) is 0.111. The number of alkyl halides is 3. The Labute approximate surface area is 157 Å². The van der Waals surface area contributed by atoms with Crippen LogP contribution in [-0.2, 0) is 12.7 Å². The number of amides is 1. The van der Waals surface area contributed by atoms with Crippen LogP contribution in [0.25, 0.3) is 0 Å². The number of nitrogens with zero attached hydrogens (tertiary/aromatic N) is 1. The van der Waals surface area contributed by atoms with Crippen molar-refractivity contribution in [2.45, 2.75) is 12.7 Å². The van der Waals surface area contributed by atoms with Gasteiger partial charge in [-0.05, 0) is 36.4 Å². The first-order valence-corrected chi connectivity index (χ1v) is 8.10. The molecule has 0 aliphatic carbocycles. The van der Waals surface area contributed by atoms with Crippen LogP contribution in [0, 0.1) is 0 Å². The molecule has 9 heteroatoms. The monoisotopic (exact) mass is 395 g/mol. The van der Waals surface area contributed by atoms with E-state index in [-0.39, 0.29) is 11.3 Å². The first-order valence-electron chi connectivity index (χ1n) is 7.72. The number of nitrogens with one attached hydrogen (secondary N) is 2. The number of hydrogen-bond donors (Lipinski definition) is 2. The second-order valence-electron chi connectivity index (χ2n) is 5.54. The van der Waals surface area contributed by atoms with Crippen molar-refractivity contribution in [3.8, 4) is 0 Å². The topological polar surface area (TPSA) is 67.2 Å². The summed E-state index contributed by atoms with van der Waals surface area (Å²) in [5.74, 6) is 0.102. The second kappa shape index (κ2) is 7.71. The molecule has 2 N–H and O–H groups in total. The Hall–Kier alpha value is -3.00. The molecule has 5 nitrogen and oxygen atoms in total. The van der Waals surface area contributed by atoms with Gasteiger partial charge in [-0.3, -0.25) is 9.78 Å². The number of benzene rings is 1. The van der Waals surface area contributed by atoms with Crippen molar-refractivity contribution >= 4 is 28.9 Å². The van der Waals surface area contributed by atoms with Gasteiger partial charge in [0, 0.05) is 18.1 Å². The second-order valence-corrected chi connectivity index (χ2v) is 5.95. The summed E-state index contributed by atoms with van der Waals surface area (Å²) >= 11 is 5.57. The van der Waals surface area contributed by atoms with Crippen LogP contribution in [0.15, 0.2) is 59.5 Å². The van der Waals surface area contributed by atoms with Crippen molar-refractivity contribution in [1.29, 1.82) is 0 Å². The highest BCUT2D eigenvalue weighted by atomic mass is 35.5. The van der Waals surface area contributed by atoms with E-state index in [1.807, 2.05) is 0 Å². The molecule has 1 aromatic carbocycles. The number of carbonyl (C=O) groups excluding carboxylic acids is 1. The van der Waals surface area contributed by atoms with Crippen LogP contribution >= 0.6 is 11.6 Å². The van der Waals surface area contributed by atoms with E-state index in [1.165, 1.54) is 24.5 Å². The summed E-state index contributed by atoms with van der Waals surface area (Å²) in [7, 11) is 0. The molecule has 3 aromatic rings. The molecule has 2 aromatic heterocycles. The fourth-order valence-corrected chi connectivity index (χ4v) is 2.51. The largest absolute Gasteiger partial charge is 0.467 e. The molecular formula is C18H13ClF3N3O2. The lowest BCUT2D eigenvalue weighted by molar-refractivity contribution is -0.137. The number of halogens is 4. The lowest BCUT2D eigenvalue weighted by Gasteiger charge is -2.12. The summed E-state index contributed by atoms with van der Waals surface area (Å²) in [6.45, 7) is 0.395. The average Bonchev–Trinajstić information content (AvgIpc) is 3.14. The molecule has 0 spiro atoms. The normalized spacial score (nSPS) is 11.3. The van der Waals surface area contributed by atoms with E-state index in [9.17, 15) is 18.0 Å². The van der Waals surface area contributed by atoms with Crippen molar-refractivity contribution in [3.63, 3.8) is 0 Å². The van der Waals surface area contributed by atoms with E-state index in [0.29, 0.717) is 18.0 Å². The third kappa shape index (κ3) is 4.79. The Bertz CT molecular complexity index is 943. The smallest absolute Gasteiger partial charge is 0.417 e. The highest BCUT2D eigenvalue weighted by Crippen LogP contribution is 2.36. The van der Waals surface area contributed by atoms with Gasteiger partial charge in [0.2, 0.25) is 0 Å². The molecule has 140 valence electrons. The van der Waals surface area contributed by atoms with Crippen LogP contribution in [-0.4, -0.2) is 10.9 Å². The van der Waals surface area contributed by atoms with Crippen molar-refractivity contribution < 1.29 is 22.4 Å². The summed E-state index contributed by atoms with van der Waals surface area (Å²) in [5.41, 5.74) is -0.297. The van der Waals surface area contributed by atoms with Gasteiger partial charge in [0.25, 0.3) is 5.91 Å². The fourth-order valence-electron chi connectivity index (χ4n) is 2.29. The molecule has 0 saturated heterocycles. The first kappa shape index (κ1) is 18.8. The van der Waals surface area contributed by atoms with Gasteiger partial charge >= 0.3 is 6.18 Å². The number of rotatable bonds is 5. The maximum Gasteiger partial charge on any atom is 0.417 e. The molecule has 0 aliphatic rings. The summed E-state index contributed by atoms with van der Waals surface area (Å²) in [6.07, 6.45) is -0.243. The summed E-state index contributed by atoms with van der Waals surface area (Å²) in [5, 5.41) is 5.01. The van der Waals surface area contributed by atoms with Crippen LogP contribution in [0.2, 0.25) is 5.02 Å². The zero-order chi connectivity index (χ0) is 19.4. The van der Waals surface area contributed by atoms with Crippen LogP contribution in [0.1, 0.15) is 21.7 Å². The van der Waals surface area contributed by atoms with Gasteiger partial charge < -0.3 is 15.1 Å². The van der Waals surface area contributed by atoms with E-state index in [1.54, 1.807) is 18.4 Å². The molecular weight excluding hydrogens is 383 g/mol. The average molecular weight is 396 g/mol. The molecule has 1 amide bonds. The standard InChI is InChI=1S/C18H13ClF3N3O2/c19-16-4-3-12(7-15(16)18(20,21)22)25-17(26)11-6-13(9-23-8-11)24-10-14-2-1-5-27-14/h1-9,24H,10H2,(H,25,26). The van der Waals surface area contributed by atoms with Crippen LogP contribution in [0.3, 0.4) is 0 Å². The number of pyridine rings is 1. The van der Waals surface area contributed by atoms with Gasteiger partial charge in [-0.25, -0.2) is 0 Å². The lowest BCUT2D eigenvalue weighted by atomic mass is 10.1. The zero-order valence-electron chi connectivity index (χ0n) is 13.7. The maximum atomic E-state index is 12.9. The minimum Gasteiger partial charge on any atom is -0.467 e. The molecule has 0 saturated carbocycles. The first-order chi connectivity index (χ1) is 12.8. The van der Waals surface area contributed by atoms with Crippen molar-refractivity contribution in [2.24, 2.45) is 0 Å². The van der Waals surface area contributed by atoms with E-state index >= 15 is 0 Å². The van der Waals surface area contributed by atoms with Gasteiger partial charge in [0.15, 0.2) is 0 Å². The Morgan fingerprint density at radius 1 is 1.15 bits per heavy atom. The van der Waals surface area contributed by atoms with Crippen LogP contribution in [0.4, 0.5) is 24.5 Å². The van der Waals surface area contributed by atoms with E-state index in [0.717, 1.165) is 12.1 Å². The predicted octanol–water partition coefficient (Wildman–Crippen LogP) is 5.21. The number of furan rings is 1. The molecule has 0 unspecified atom stereocenters. The maximum absolute atomic E-state index is 12.9. The third-order valence-electron chi connectivity index (χ3n) is 3.58. The number of hydrogen-bond acceptors (Lipinski definition) is 4. The molecule has 0 bridgehead atoms. The molecule has 3 rings (SSSR count). The predicted molar refractivity (Wildman–Crippen MR) is 94.7 cm³/mol. The van der Waals surface area contributed by atoms with Gasteiger partial charge in [-0.1, -0.05) is 11.6 Å². The SMILES string of the molecule is O=C(Nc1ccc(Cl)c(C(F)(F)F)c1)c1cncc(NCc2ccco2)c1. The zero-order valence-corrected chi connectivity index (χ0v) is 14.4. The van der Waals surface area contributed by atoms with Gasteiger partial charge in [0.1, 0.15) is 5.76 Å². The van der Waals surface area contributed by atoms with Crippen LogP contribution in [0.5, 0.6) is 0 Å². The van der Waals surface area contributed by atoms with E-state index in [2.05, 4.69) is 15.6 Å². The molecule has 0 radical (unpaired) electrons. The third-order valence-corrected chi connectivity index (χ3v) is 3.91. The van der Waals surface area contributed by atoms with Gasteiger partial charge in [0.05, 0.1) is 34.6 Å². The number of anilines is 2. The Morgan fingerprint density at radius 2 is 1.96 bits per heavy atom. The summed E-state index contributed by atoms with van der Waals surface area (Å²) in [4.78, 5) is 16.3. The van der Waals surface area contributed by atoms with Crippen molar-refractivity contribution in [2.75, 3.05) is 10.6 Å². The lowest BCUT2D eigenvalue weighted by Crippen LogP contribution is -2.14. The van der Waals surface area contributed by atoms with Crippen molar-refractivity contribution in [3.05, 3.63) is 77.0 Å². The summed E-state index contributed by atoms with van der Waals surface area (Å²) < 4.78 is 44.0. The van der Waals surface area contributed by atoms with E-state index in [4.69, 9.17) is 16.0 Å². The minimum atomic E-state index is -4.62. The van der Waals surface area contributed by atoms with E-state index < -0.39 is 22.7 Å². The van der Waals surface area contributed by atoms with Crippen molar-refractivity contribution in [1.82, 2.24) is 4.98 Å². The highest BCUT2D eigenvalue weighted by Gasteiger charge is 2.33. The molecule has 2 heterocycles. The number of aromatic nitrogens is 1. The Kier molecular flexibility index (Phi) is 5.36. The van der Waals surface area contributed by atoms with Crippen LogP contribution < -0.4 is 10.6 Å². The molecule has 0 aliphatic heterocycles.